The topological polar surface area (TPSA) is 85.5 Å². The lowest BCUT2D eigenvalue weighted by molar-refractivity contribution is -0.133. The van der Waals surface area contributed by atoms with Crippen LogP contribution in [-0.4, -0.2) is 40.6 Å². The van der Waals surface area contributed by atoms with E-state index in [1.807, 2.05) is 30.3 Å². The molecular formula is C24H19ClFN3O4. The van der Waals surface area contributed by atoms with Gasteiger partial charge in [-0.1, -0.05) is 53.2 Å². The van der Waals surface area contributed by atoms with Crippen LogP contribution in [0.4, 0.5) is 4.39 Å². The van der Waals surface area contributed by atoms with Gasteiger partial charge >= 0.3 is 5.97 Å². The number of hydrogen-bond donors (Lipinski definition) is 0. The number of rotatable bonds is 6. The van der Waals surface area contributed by atoms with Gasteiger partial charge in [-0.15, -0.1) is 0 Å². The highest BCUT2D eigenvalue weighted by atomic mass is 35.5. The second-order valence-electron chi connectivity index (χ2n) is 7.40. The van der Waals surface area contributed by atoms with Crippen LogP contribution in [0.15, 0.2) is 59.1 Å². The van der Waals surface area contributed by atoms with Crippen molar-refractivity contribution in [2.24, 2.45) is 0 Å². The monoisotopic (exact) mass is 467 g/mol. The molecule has 33 heavy (non-hydrogen) atoms. The molecule has 0 bridgehead atoms. The summed E-state index contributed by atoms with van der Waals surface area (Å²) in [6, 6.07) is 15.1. The van der Waals surface area contributed by atoms with E-state index in [1.54, 1.807) is 19.1 Å². The third-order valence-electron chi connectivity index (χ3n) is 5.12. The van der Waals surface area contributed by atoms with Gasteiger partial charge in [-0.3, -0.25) is 4.79 Å². The number of pyridine rings is 1. The molecule has 0 aliphatic heterocycles. The Morgan fingerprint density at radius 3 is 2.64 bits per heavy atom. The third-order valence-corrected chi connectivity index (χ3v) is 5.47. The molecule has 2 aromatic carbocycles. The maximum Gasteiger partial charge on any atom is 0.339 e. The van der Waals surface area contributed by atoms with Gasteiger partial charge in [-0.05, 0) is 25.1 Å². The van der Waals surface area contributed by atoms with E-state index in [4.69, 9.17) is 20.9 Å². The van der Waals surface area contributed by atoms with Crippen LogP contribution in [0, 0.1) is 12.7 Å². The van der Waals surface area contributed by atoms with Gasteiger partial charge < -0.3 is 14.2 Å². The summed E-state index contributed by atoms with van der Waals surface area (Å²) in [6.07, 6.45) is 0. The molecule has 168 valence electrons. The number of halogens is 2. The van der Waals surface area contributed by atoms with Crippen molar-refractivity contribution in [2.45, 2.75) is 13.5 Å². The van der Waals surface area contributed by atoms with Crippen molar-refractivity contribution in [3.8, 4) is 11.3 Å². The molecule has 0 saturated heterocycles. The largest absolute Gasteiger partial charge is 0.452 e. The van der Waals surface area contributed by atoms with Crippen LogP contribution < -0.4 is 0 Å². The third kappa shape index (κ3) is 4.70. The summed E-state index contributed by atoms with van der Waals surface area (Å²) < 4.78 is 24.6. The highest BCUT2D eigenvalue weighted by Crippen LogP contribution is 2.27. The average Bonchev–Trinajstić information content (AvgIpc) is 3.20. The minimum Gasteiger partial charge on any atom is -0.452 e. The molecule has 0 saturated carbocycles. The van der Waals surface area contributed by atoms with Gasteiger partial charge in [0.1, 0.15) is 5.82 Å². The van der Waals surface area contributed by atoms with E-state index in [0.29, 0.717) is 16.8 Å². The smallest absolute Gasteiger partial charge is 0.339 e. The Labute approximate surface area is 193 Å². The van der Waals surface area contributed by atoms with Gasteiger partial charge in [-0.25, -0.2) is 14.2 Å². The summed E-state index contributed by atoms with van der Waals surface area (Å²) in [5.74, 6) is -1.76. The zero-order valence-electron chi connectivity index (χ0n) is 17.8. The summed E-state index contributed by atoms with van der Waals surface area (Å²) in [5.41, 5.74) is 2.32. The number of likely N-dealkylation sites (N-methyl/N-ethyl adjacent to an activating group) is 1. The first-order valence-electron chi connectivity index (χ1n) is 10.0. The summed E-state index contributed by atoms with van der Waals surface area (Å²) in [7, 11) is 1.47. The zero-order valence-corrected chi connectivity index (χ0v) is 18.6. The standard InChI is InChI=1S/C24H19ClFN3O4/c1-14-22-16(11-20(27-23(22)33-28-14)15-7-4-3-5-8-15)24(31)32-13-21(30)29(2)12-17-18(25)9-6-10-19(17)26/h3-11H,12-13H2,1-2H3. The molecule has 0 fully saturated rings. The number of aromatic nitrogens is 2. The lowest BCUT2D eigenvalue weighted by atomic mass is 10.1. The number of fused-ring (bicyclic) bond motifs is 1. The Hall–Kier alpha value is -3.78. The molecule has 7 nitrogen and oxygen atoms in total. The van der Waals surface area contributed by atoms with Gasteiger partial charge in [0.05, 0.1) is 22.3 Å². The van der Waals surface area contributed by atoms with Gasteiger partial charge in [0.25, 0.3) is 11.6 Å². The number of hydrogen-bond acceptors (Lipinski definition) is 6. The van der Waals surface area contributed by atoms with E-state index in [2.05, 4.69) is 10.1 Å². The number of ether oxygens (including phenoxy) is 1. The molecule has 0 N–H and O–H groups in total. The van der Waals surface area contributed by atoms with Gasteiger partial charge in [0.15, 0.2) is 6.61 Å². The Balaban J connectivity index is 1.53. The Morgan fingerprint density at radius 1 is 1.15 bits per heavy atom. The van der Waals surface area contributed by atoms with Crippen LogP contribution in [0.2, 0.25) is 5.02 Å². The minimum atomic E-state index is -0.725. The second kappa shape index (κ2) is 9.38. The average molecular weight is 468 g/mol. The molecule has 4 rings (SSSR count). The van der Waals surface area contributed by atoms with Crippen LogP contribution in [0.5, 0.6) is 0 Å². The zero-order chi connectivity index (χ0) is 23.5. The van der Waals surface area contributed by atoms with Gasteiger partial charge in [-0.2, -0.15) is 0 Å². The van der Waals surface area contributed by atoms with Crippen molar-refractivity contribution in [2.75, 3.05) is 13.7 Å². The SMILES string of the molecule is Cc1noc2nc(-c3ccccc3)cc(C(=O)OCC(=O)N(C)Cc3c(F)cccc3Cl)c12. The molecule has 2 aromatic heterocycles. The van der Waals surface area contributed by atoms with Crippen LogP contribution in [0.25, 0.3) is 22.4 Å². The van der Waals surface area contributed by atoms with Crippen LogP contribution in [0.3, 0.4) is 0 Å². The van der Waals surface area contributed by atoms with Crippen molar-refractivity contribution in [3.05, 3.63) is 82.3 Å². The van der Waals surface area contributed by atoms with Crippen LogP contribution in [0.1, 0.15) is 21.6 Å². The molecule has 0 aliphatic carbocycles. The number of esters is 1. The van der Waals surface area contributed by atoms with E-state index in [1.165, 1.54) is 24.1 Å². The first kappa shape index (κ1) is 22.4. The number of amides is 1. The first-order chi connectivity index (χ1) is 15.8. The molecule has 0 radical (unpaired) electrons. The highest BCUT2D eigenvalue weighted by Gasteiger charge is 2.22. The summed E-state index contributed by atoms with van der Waals surface area (Å²) in [5, 5.41) is 4.52. The molecular weight excluding hydrogens is 449 g/mol. The highest BCUT2D eigenvalue weighted by molar-refractivity contribution is 6.31. The molecule has 2 heterocycles. The van der Waals surface area contributed by atoms with Crippen molar-refractivity contribution in [1.82, 2.24) is 15.0 Å². The Bertz CT molecular complexity index is 1320. The summed E-state index contributed by atoms with van der Waals surface area (Å²) in [4.78, 5) is 31.1. The molecule has 1 amide bonds. The molecule has 0 unspecified atom stereocenters. The van der Waals surface area contributed by atoms with Crippen molar-refractivity contribution in [3.63, 3.8) is 0 Å². The fourth-order valence-corrected chi connectivity index (χ4v) is 3.56. The van der Waals surface area contributed by atoms with E-state index in [0.717, 1.165) is 5.56 Å². The molecule has 0 aliphatic rings. The van der Waals surface area contributed by atoms with Crippen molar-refractivity contribution < 1.29 is 23.2 Å². The lowest BCUT2D eigenvalue weighted by Crippen LogP contribution is -2.31. The Kier molecular flexibility index (Phi) is 6.37. The number of aryl methyl sites for hydroxylation is 1. The van der Waals surface area contributed by atoms with Gasteiger partial charge in [0, 0.05) is 29.7 Å². The molecule has 0 atom stereocenters. The molecule has 0 spiro atoms. The quantitative estimate of drug-likeness (QED) is 0.378. The van der Waals surface area contributed by atoms with E-state index < -0.39 is 24.3 Å². The van der Waals surface area contributed by atoms with Crippen molar-refractivity contribution in [1.29, 1.82) is 0 Å². The first-order valence-corrected chi connectivity index (χ1v) is 10.4. The predicted molar refractivity (Wildman–Crippen MR) is 120 cm³/mol. The van der Waals surface area contributed by atoms with Crippen LogP contribution in [-0.2, 0) is 16.1 Å². The maximum absolute atomic E-state index is 14.0. The molecule has 9 heteroatoms. The number of carbonyl (C=O) groups excluding carboxylic acids is 2. The van der Waals surface area contributed by atoms with Crippen molar-refractivity contribution >= 4 is 34.6 Å². The minimum absolute atomic E-state index is 0.0652. The van der Waals surface area contributed by atoms with Crippen LogP contribution >= 0.6 is 11.6 Å². The fourth-order valence-electron chi connectivity index (χ4n) is 3.34. The summed E-state index contributed by atoms with van der Waals surface area (Å²) in [6.45, 7) is 1.09. The van der Waals surface area contributed by atoms with E-state index in [-0.39, 0.29) is 28.4 Å². The van der Waals surface area contributed by atoms with Gasteiger partial charge in [0.2, 0.25) is 0 Å². The second-order valence-corrected chi connectivity index (χ2v) is 7.80. The fraction of sp³-hybridized carbons (Fsp3) is 0.167. The Morgan fingerprint density at radius 2 is 1.91 bits per heavy atom. The predicted octanol–water partition coefficient (Wildman–Crippen LogP) is 4.81. The summed E-state index contributed by atoms with van der Waals surface area (Å²) >= 11 is 6.03. The van der Waals surface area contributed by atoms with E-state index in [9.17, 15) is 14.0 Å². The maximum atomic E-state index is 14.0. The number of nitrogens with zero attached hydrogens (tertiary/aromatic N) is 3. The number of carbonyl (C=O) groups is 2. The number of benzene rings is 2. The normalized spacial score (nSPS) is 10.9. The lowest BCUT2D eigenvalue weighted by Gasteiger charge is -2.18. The molecule has 4 aromatic rings. The van der Waals surface area contributed by atoms with E-state index >= 15 is 0 Å².